The van der Waals surface area contributed by atoms with Crippen LogP contribution in [0.1, 0.15) is 34.0 Å². The van der Waals surface area contributed by atoms with E-state index >= 15 is 0 Å². The number of hydrogen-bond donors (Lipinski definition) is 0. The molecule has 1 aliphatic rings. The van der Waals surface area contributed by atoms with Gasteiger partial charge < -0.3 is 14.2 Å². The van der Waals surface area contributed by atoms with Crippen LogP contribution in [0.4, 0.5) is 0 Å². The maximum atomic E-state index is 13.0. The van der Waals surface area contributed by atoms with Crippen LogP contribution in [0, 0.1) is 0 Å². The molecule has 27 heavy (non-hydrogen) atoms. The predicted octanol–water partition coefficient (Wildman–Crippen LogP) is 3.60. The van der Waals surface area contributed by atoms with Crippen LogP contribution < -0.4 is 0 Å². The molecule has 0 spiro atoms. The van der Waals surface area contributed by atoms with Crippen LogP contribution in [0.3, 0.4) is 0 Å². The lowest BCUT2D eigenvalue weighted by molar-refractivity contribution is -0.157. The first-order valence-corrected chi connectivity index (χ1v) is 8.63. The Bertz CT molecular complexity index is 841. The Kier molecular flexibility index (Phi) is 5.42. The summed E-state index contributed by atoms with van der Waals surface area (Å²) in [6, 6.07) is 16.4. The molecule has 2 unspecified atom stereocenters. The molecule has 0 N–H and O–H groups in total. The third-order valence-corrected chi connectivity index (χ3v) is 4.90. The summed E-state index contributed by atoms with van der Waals surface area (Å²) in [6.45, 7) is 4.39. The second-order valence-corrected chi connectivity index (χ2v) is 6.56. The van der Waals surface area contributed by atoms with E-state index < -0.39 is 17.5 Å². The summed E-state index contributed by atoms with van der Waals surface area (Å²) in [5, 5.41) is 0. The molecular formula is C22H22O5. The summed E-state index contributed by atoms with van der Waals surface area (Å²) in [4.78, 5) is 24.7. The molecule has 0 saturated carbocycles. The molecule has 1 fully saturated rings. The molecule has 0 radical (unpaired) electrons. The zero-order chi connectivity index (χ0) is 19.4. The van der Waals surface area contributed by atoms with Crippen LogP contribution >= 0.6 is 0 Å². The average molecular weight is 366 g/mol. The van der Waals surface area contributed by atoms with Gasteiger partial charge in [0.25, 0.3) is 0 Å². The highest BCUT2D eigenvalue weighted by atomic mass is 16.5. The van der Waals surface area contributed by atoms with Crippen molar-refractivity contribution in [3.05, 3.63) is 83.4 Å². The van der Waals surface area contributed by atoms with Gasteiger partial charge in [-0.15, -0.1) is 0 Å². The first-order valence-electron chi connectivity index (χ1n) is 8.63. The fraction of sp³-hybridized carbons (Fsp3) is 0.273. The van der Waals surface area contributed by atoms with Crippen LogP contribution in [0.15, 0.2) is 66.7 Å². The van der Waals surface area contributed by atoms with Gasteiger partial charge in [0.15, 0.2) is 0 Å². The monoisotopic (exact) mass is 366 g/mol. The van der Waals surface area contributed by atoms with Crippen molar-refractivity contribution < 1.29 is 23.8 Å². The van der Waals surface area contributed by atoms with Crippen molar-refractivity contribution in [3.63, 3.8) is 0 Å². The second kappa shape index (κ2) is 7.76. The average Bonchev–Trinajstić information content (AvgIpc) is 2.73. The molecule has 140 valence electrons. The minimum atomic E-state index is -1.04. The molecule has 1 saturated heterocycles. The van der Waals surface area contributed by atoms with E-state index in [2.05, 4.69) is 6.58 Å². The van der Waals surface area contributed by atoms with Gasteiger partial charge in [-0.25, -0.2) is 4.79 Å². The zero-order valence-corrected chi connectivity index (χ0v) is 15.4. The lowest BCUT2D eigenvalue weighted by Crippen LogP contribution is -2.47. The Labute approximate surface area is 158 Å². The summed E-state index contributed by atoms with van der Waals surface area (Å²) in [7, 11) is 2.71. The van der Waals surface area contributed by atoms with Gasteiger partial charge in [0.05, 0.1) is 26.4 Å². The Hall–Kier alpha value is -2.92. The van der Waals surface area contributed by atoms with E-state index in [4.69, 9.17) is 14.2 Å². The smallest absolute Gasteiger partial charge is 0.337 e. The van der Waals surface area contributed by atoms with Crippen molar-refractivity contribution in [2.45, 2.75) is 17.9 Å². The van der Waals surface area contributed by atoms with Gasteiger partial charge >= 0.3 is 11.9 Å². The van der Waals surface area contributed by atoms with E-state index in [1.807, 2.05) is 30.3 Å². The molecule has 2 aromatic carbocycles. The van der Waals surface area contributed by atoms with Gasteiger partial charge in [-0.3, -0.25) is 4.79 Å². The van der Waals surface area contributed by atoms with Crippen molar-refractivity contribution in [2.75, 3.05) is 20.8 Å². The molecule has 0 amide bonds. The molecule has 5 nitrogen and oxygen atoms in total. The number of methoxy groups -OCH3 is 2. The van der Waals surface area contributed by atoms with Crippen LogP contribution in [-0.2, 0) is 24.4 Å². The Morgan fingerprint density at radius 1 is 1.04 bits per heavy atom. The quantitative estimate of drug-likeness (QED) is 0.611. The van der Waals surface area contributed by atoms with E-state index in [0.717, 1.165) is 16.7 Å². The van der Waals surface area contributed by atoms with Gasteiger partial charge in [0.2, 0.25) is 0 Å². The van der Waals surface area contributed by atoms with Gasteiger partial charge in [-0.1, -0.05) is 54.6 Å². The Balaban J connectivity index is 2.11. The number of ether oxygens (including phenoxy) is 3. The zero-order valence-electron chi connectivity index (χ0n) is 15.4. The van der Waals surface area contributed by atoms with Crippen molar-refractivity contribution in [2.24, 2.45) is 0 Å². The van der Waals surface area contributed by atoms with Crippen LogP contribution in [0.2, 0.25) is 0 Å². The number of carbonyl (C=O) groups excluding carboxylic acids is 2. The summed E-state index contributed by atoms with van der Waals surface area (Å²) in [6.07, 6.45) is -0.142. The van der Waals surface area contributed by atoms with Gasteiger partial charge in [-0.05, 0) is 29.7 Å². The topological polar surface area (TPSA) is 61.8 Å². The standard InChI is InChI=1S/C22H22O5/c1-15-13-22(21(24)26-3,18-7-5-4-6-8-18)19(27-14-15)16-9-11-17(12-10-16)20(23)25-2/h4-12,19H,1,13-14H2,2-3H3. The molecule has 2 aromatic rings. The fourth-order valence-corrected chi connectivity index (χ4v) is 3.64. The maximum absolute atomic E-state index is 13.0. The number of esters is 2. The summed E-state index contributed by atoms with van der Waals surface area (Å²) in [5.74, 6) is -0.793. The molecular weight excluding hydrogens is 344 g/mol. The highest BCUT2D eigenvalue weighted by molar-refractivity contribution is 5.89. The van der Waals surface area contributed by atoms with E-state index in [0.29, 0.717) is 18.6 Å². The molecule has 1 aliphatic heterocycles. The van der Waals surface area contributed by atoms with E-state index in [-0.39, 0.29) is 5.97 Å². The van der Waals surface area contributed by atoms with Crippen molar-refractivity contribution >= 4 is 11.9 Å². The maximum Gasteiger partial charge on any atom is 0.337 e. The molecule has 0 aromatic heterocycles. The highest BCUT2D eigenvalue weighted by Crippen LogP contribution is 2.48. The number of hydrogen-bond acceptors (Lipinski definition) is 5. The minimum absolute atomic E-state index is 0.356. The molecule has 1 heterocycles. The van der Waals surface area contributed by atoms with E-state index in [1.54, 1.807) is 24.3 Å². The van der Waals surface area contributed by atoms with Crippen LogP contribution in [0.5, 0.6) is 0 Å². The fourth-order valence-electron chi connectivity index (χ4n) is 3.64. The molecule has 0 aliphatic carbocycles. The highest BCUT2D eigenvalue weighted by Gasteiger charge is 2.52. The van der Waals surface area contributed by atoms with Gasteiger partial charge in [-0.2, -0.15) is 0 Å². The summed E-state index contributed by atoms with van der Waals surface area (Å²) < 4.78 is 16.0. The second-order valence-electron chi connectivity index (χ2n) is 6.56. The number of carbonyl (C=O) groups is 2. The van der Waals surface area contributed by atoms with Gasteiger partial charge in [0, 0.05) is 0 Å². The number of rotatable bonds is 4. The van der Waals surface area contributed by atoms with Crippen molar-refractivity contribution in [1.29, 1.82) is 0 Å². The lowest BCUT2D eigenvalue weighted by atomic mass is 9.68. The predicted molar refractivity (Wildman–Crippen MR) is 100 cm³/mol. The third-order valence-electron chi connectivity index (χ3n) is 4.90. The Morgan fingerprint density at radius 2 is 1.70 bits per heavy atom. The normalized spacial score (nSPS) is 22.1. The van der Waals surface area contributed by atoms with E-state index in [9.17, 15) is 9.59 Å². The molecule has 2 atom stereocenters. The van der Waals surface area contributed by atoms with Crippen molar-refractivity contribution in [1.82, 2.24) is 0 Å². The SMILES string of the molecule is C=C1COC(c2ccc(C(=O)OC)cc2)C(C(=O)OC)(c2ccccc2)C1. The molecule has 3 rings (SSSR count). The minimum Gasteiger partial charge on any atom is -0.468 e. The van der Waals surface area contributed by atoms with Crippen LogP contribution in [-0.4, -0.2) is 32.8 Å². The van der Waals surface area contributed by atoms with Crippen LogP contribution in [0.25, 0.3) is 0 Å². The van der Waals surface area contributed by atoms with E-state index in [1.165, 1.54) is 14.2 Å². The first-order chi connectivity index (χ1) is 13.0. The van der Waals surface area contributed by atoms with Crippen molar-refractivity contribution in [3.8, 4) is 0 Å². The van der Waals surface area contributed by atoms with Gasteiger partial charge in [0.1, 0.15) is 11.5 Å². The number of benzene rings is 2. The lowest BCUT2D eigenvalue weighted by Gasteiger charge is -2.43. The molecule has 0 bridgehead atoms. The largest absolute Gasteiger partial charge is 0.468 e. The Morgan fingerprint density at radius 3 is 2.30 bits per heavy atom. The summed E-state index contributed by atoms with van der Waals surface area (Å²) in [5.41, 5.74) is 1.80. The third kappa shape index (κ3) is 3.38. The molecule has 5 heteroatoms. The summed E-state index contributed by atoms with van der Waals surface area (Å²) >= 11 is 0. The first kappa shape index (κ1) is 18.9.